The Kier molecular flexibility index (Phi) is 5.20. The quantitative estimate of drug-likeness (QED) is 0.733. The van der Waals surface area contributed by atoms with Crippen LogP contribution in [0.4, 0.5) is 4.79 Å². The molecule has 0 heterocycles. The van der Waals surface area contributed by atoms with E-state index < -0.39 is 11.9 Å². The molecule has 1 fully saturated rings. The number of hydrogen-bond donors (Lipinski definition) is 3. The molecular weight excluding hydrogens is 244 g/mol. The first-order valence-electron chi connectivity index (χ1n) is 6.99. The second-order valence-corrected chi connectivity index (χ2v) is 6.60. The average Bonchev–Trinajstić information content (AvgIpc) is 2.72. The van der Waals surface area contributed by atoms with Crippen LogP contribution in [-0.2, 0) is 4.79 Å². The lowest BCUT2D eigenvalue weighted by Crippen LogP contribution is -2.47. The third kappa shape index (κ3) is 4.73. The molecular formula is C14H26N2O3. The smallest absolute Gasteiger partial charge is 0.315 e. The van der Waals surface area contributed by atoms with Crippen molar-refractivity contribution < 1.29 is 14.7 Å². The predicted molar refractivity (Wildman–Crippen MR) is 73.9 cm³/mol. The molecule has 3 atom stereocenters. The van der Waals surface area contributed by atoms with Crippen LogP contribution in [0.25, 0.3) is 0 Å². The van der Waals surface area contributed by atoms with Crippen LogP contribution in [0.2, 0.25) is 0 Å². The van der Waals surface area contributed by atoms with Gasteiger partial charge in [0.25, 0.3) is 0 Å². The fourth-order valence-electron chi connectivity index (χ4n) is 2.20. The maximum atomic E-state index is 11.8. The summed E-state index contributed by atoms with van der Waals surface area (Å²) in [6.07, 6.45) is 2.26. The average molecular weight is 270 g/mol. The van der Waals surface area contributed by atoms with Crippen LogP contribution in [0.5, 0.6) is 0 Å². The Bertz CT molecular complexity index is 336. The van der Waals surface area contributed by atoms with Gasteiger partial charge < -0.3 is 15.7 Å². The number of amides is 2. The van der Waals surface area contributed by atoms with E-state index in [0.717, 1.165) is 12.8 Å². The van der Waals surface area contributed by atoms with Crippen molar-refractivity contribution in [2.24, 2.45) is 17.3 Å². The SMILES string of the molecule is CC(CNC(=O)NC1CCCC1C(=O)O)C(C)(C)C. The van der Waals surface area contributed by atoms with Gasteiger partial charge in [-0.05, 0) is 24.2 Å². The van der Waals surface area contributed by atoms with Gasteiger partial charge in [-0.25, -0.2) is 4.79 Å². The third-order valence-electron chi connectivity index (χ3n) is 4.20. The number of carbonyl (C=O) groups is 2. The minimum absolute atomic E-state index is 0.143. The van der Waals surface area contributed by atoms with E-state index >= 15 is 0 Å². The fourth-order valence-corrected chi connectivity index (χ4v) is 2.20. The van der Waals surface area contributed by atoms with Gasteiger partial charge in [0.05, 0.1) is 5.92 Å². The summed E-state index contributed by atoms with van der Waals surface area (Å²) in [6, 6.07) is -0.489. The number of carbonyl (C=O) groups excluding carboxylic acids is 1. The van der Waals surface area contributed by atoms with Crippen molar-refractivity contribution in [3.8, 4) is 0 Å². The van der Waals surface area contributed by atoms with Crippen LogP contribution in [0.1, 0.15) is 47.0 Å². The van der Waals surface area contributed by atoms with E-state index in [9.17, 15) is 9.59 Å². The molecule has 3 N–H and O–H groups in total. The number of aliphatic carboxylic acids is 1. The summed E-state index contributed by atoms with van der Waals surface area (Å²) in [5.74, 6) is -0.895. The second-order valence-electron chi connectivity index (χ2n) is 6.60. The summed E-state index contributed by atoms with van der Waals surface area (Å²) in [4.78, 5) is 22.8. The lowest BCUT2D eigenvalue weighted by Gasteiger charge is -2.27. The fraction of sp³-hybridized carbons (Fsp3) is 0.857. The maximum absolute atomic E-state index is 11.8. The number of urea groups is 1. The van der Waals surface area contributed by atoms with E-state index in [0.29, 0.717) is 18.9 Å². The molecule has 19 heavy (non-hydrogen) atoms. The van der Waals surface area contributed by atoms with E-state index in [-0.39, 0.29) is 17.5 Å². The van der Waals surface area contributed by atoms with Gasteiger partial charge in [-0.15, -0.1) is 0 Å². The van der Waals surface area contributed by atoms with Crippen molar-refractivity contribution >= 4 is 12.0 Å². The van der Waals surface area contributed by atoms with Crippen LogP contribution in [0.3, 0.4) is 0 Å². The number of carboxylic acid groups (broad SMARTS) is 1. The molecule has 1 rings (SSSR count). The summed E-state index contributed by atoms with van der Waals surface area (Å²) in [5.41, 5.74) is 0.143. The van der Waals surface area contributed by atoms with Crippen molar-refractivity contribution in [1.82, 2.24) is 10.6 Å². The van der Waals surface area contributed by atoms with Crippen LogP contribution in [0, 0.1) is 17.3 Å². The van der Waals surface area contributed by atoms with Crippen molar-refractivity contribution in [3.05, 3.63) is 0 Å². The van der Waals surface area contributed by atoms with Gasteiger partial charge in [-0.2, -0.15) is 0 Å². The molecule has 0 spiro atoms. The molecule has 110 valence electrons. The predicted octanol–water partition coefficient (Wildman–Crippen LogP) is 2.22. The van der Waals surface area contributed by atoms with Crippen molar-refractivity contribution in [2.45, 2.75) is 53.0 Å². The Morgan fingerprint density at radius 2 is 1.95 bits per heavy atom. The van der Waals surface area contributed by atoms with Crippen LogP contribution in [-0.4, -0.2) is 29.7 Å². The van der Waals surface area contributed by atoms with Gasteiger partial charge in [-0.1, -0.05) is 34.1 Å². The Morgan fingerprint density at radius 1 is 1.32 bits per heavy atom. The molecule has 1 aliphatic carbocycles. The molecule has 1 saturated carbocycles. The van der Waals surface area contributed by atoms with E-state index in [1.165, 1.54) is 0 Å². The van der Waals surface area contributed by atoms with Gasteiger partial charge >= 0.3 is 12.0 Å². The molecule has 0 radical (unpaired) electrons. The highest BCUT2D eigenvalue weighted by molar-refractivity contribution is 5.77. The first kappa shape index (κ1) is 15.8. The topological polar surface area (TPSA) is 78.4 Å². The van der Waals surface area contributed by atoms with Gasteiger partial charge in [-0.3, -0.25) is 4.79 Å². The van der Waals surface area contributed by atoms with E-state index in [4.69, 9.17) is 5.11 Å². The summed E-state index contributed by atoms with van der Waals surface area (Å²) >= 11 is 0. The minimum atomic E-state index is -0.814. The summed E-state index contributed by atoms with van der Waals surface area (Å²) in [6.45, 7) is 9.09. The van der Waals surface area contributed by atoms with E-state index in [1.807, 2.05) is 0 Å². The molecule has 0 saturated heterocycles. The number of nitrogens with one attached hydrogen (secondary N) is 2. The van der Waals surface area contributed by atoms with Crippen molar-refractivity contribution in [1.29, 1.82) is 0 Å². The van der Waals surface area contributed by atoms with E-state index in [2.05, 4.69) is 38.3 Å². The Hall–Kier alpha value is -1.26. The summed E-state index contributed by atoms with van der Waals surface area (Å²) in [7, 11) is 0. The Morgan fingerprint density at radius 3 is 2.47 bits per heavy atom. The van der Waals surface area contributed by atoms with Crippen LogP contribution >= 0.6 is 0 Å². The molecule has 0 aromatic carbocycles. The monoisotopic (exact) mass is 270 g/mol. The first-order valence-corrected chi connectivity index (χ1v) is 6.99. The highest BCUT2D eigenvalue weighted by atomic mass is 16.4. The normalized spacial score (nSPS) is 24.8. The second kappa shape index (κ2) is 6.26. The van der Waals surface area contributed by atoms with Crippen LogP contribution in [0.15, 0.2) is 0 Å². The van der Waals surface area contributed by atoms with Crippen LogP contribution < -0.4 is 10.6 Å². The Labute approximate surface area is 115 Å². The van der Waals surface area contributed by atoms with Gasteiger partial charge in [0.15, 0.2) is 0 Å². The van der Waals surface area contributed by atoms with Crippen molar-refractivity contribution in [2.75, 3.05) is 6.54 Å². The molecule has 0 bridgehead atoms. The molecule has 0 aromatic rings. The summed E-state index contributed by atoms with van der Waals surface area (Å²) in [5, 5.41) is 14.7. The van der Waals surface area contributed by atoms with Gasteiger partial charge in [0.1, 0.15) is 0 Å². The highest BCUT2D eigenvalue weighted by Gasteiger charge is 2.34. The Balaban J connectivity index is 2.37. The lowest BCUT2D eigenvalue weighted by molar-refractivity contribution is -0.142. The zero-order valence-corrected chi connectivity index (χ0v) is 12.3. The number of hydrogen-bond acceptors (Lipinski definition) is 2. The summed E-state index contributed by atoms with van der Waals surface area (Å²) < 4.78 is 0. The standard InChI is InChI=1S/C14H26N2O3/c1-9(14(2,3)4)8-15-13(19)16-11-7-5-6-10(11)12(17)18/h9-11H,5-8H2,1-4H3,(H,17,18)(H2,15,16,19). The van der Waals surface area contributed by atoms with Gasteiger partial charge in [0.2, 0.25) is 0 Å². The molecule has 2 amide bonds. The molecule has 5 heteroatoms. The molecule has 0 aromatic heterocycles. The molecule has 3 unspecified atom stereocenters. The minimum Gasteiger partial charge on any atom is -0.481 e. The third-order valence-corrected chi connectivity index (χ3v) is 4.20. The maximum Gasteiger partial charge on any atom is 0.315 e. The lowest BCUT2D eigenvalue weighted by atomic mass is 9.82. The zero-order valence-electron chi connectivity index (χ0n) is 12.3. The zero-order chi connectivity index (χ0) is 14.6. The molecule has 5 nitrogen and oxygen atoms in total. The number of rotatable bonds is 4. The number of carboxylic acids is 1. The molecule has 1 aliphatic rings. The van der Waals surface area contributed by atoms with Crippen molar-refractivity contribution in [3.63, 3.8) is 0 Å². The molecule has 0 aliphatic heterocycles. The largest absolute Gasteiger partial charge is 0.481 e. The first-order chi connectivity index (χ1) is 8.71. The van der Waals surface area contributed by atoms with Gasteiger partial charge in [0, 0.05) is 12.6 Å². The van der Waals surface area contributed by atoms with E-state index in [1.54, 1.807) is 0 Å². The highest BCUT2D eigenvalue weighted by Crippen LogP contribution is 2.26.